The number of nitrogens with one attached hydrogen (secondary N) is 1. The van der Waals surface area contributed by atoms with Gasteiger partial charge in [0.2, 0.25) is 0 Å². The summed E-state index contributed by atoms with van der Waals surface area (Å²) in [5.41, 5.74) is 3.74. The van der Waals surface area contributed by atoms with Gasteiger partial charge in [-0.2, -0.15) is 11.3 Å². The summed E-state index contributed by atoms with van der Waals surface area (Å²) >= 11 is 3.49. The van der Waals surface area contributed by atoms with Crippen molar-refractivity contribution in [3.63, 3.8) is 0 Å². The SMILES string of the molecule is Cc1cn2c(CNC(C)c3ccsc3)c(C)nc2s1. The van der Waals surface area contributed by atoms with Crippen molar-refractivity contribution in [2.45, 2.75) is 33.4 Å². The molecule has 0 aromatic carbocycles. The van der Waals surface area contributed by atoms with Crippen molar-refractivity contribution < 1.29 is 0 Å². The lowest BCUT2D eigenvalue weighted by molar-refractivity contribution is 0.566. The number of aromatic nitrogens is 2. The molecule has 19 heavy (non-hydrogen) atoms. The number of fused-ring (bicyclic) bond motifs is 1. The Hall–Kier alpha value is -1.17. The first-order valence-electron chi connectivity index (χ1n) is 6.34. The van der Waals surface area contributed by atoms with Gasteiger partial charge in [-0.15, -0.1) is 11.3 Å². The van der Waals surface area contributed by atoms with Crippen LogP contribution in [0.25, 0.3) is 4.96 Å². The summed E-state index contributed by atoms with van der Waals surface area (Å²) in [6, 6.07) is 2.55. The van der Waals surface area contributed by atoms with E-state index in [1.807, 2.05) is 0 Å². The first-order chi connectivity index (χ1) is 9.15. The molecule has 0 spiro atoms. The number of hydrogen-bond acceptors (Lipinski definition) is 4. The lowest BCUT2D eigenvalue weighted by Crippen LogP contribution is -2.19. The number of nitrogens with zero attached hydrogens (tertiary/aromatic N) is 2. The first kappa shape index (κ1) is 12.8. The number of rotatable bonds is 4. The molecule has 0 bridgehead atoms. The molecule has 3 aromatic heterocycles. The standard InChI is InChI=1S/C14H17N3S2/c1-9-7-17-13(11(3)16-14(17)19-9)6-15-10(2)12-4-5-18-8-12/h4-5,7-8,10,15H,6H2,1-3H3. The van der Waals surface area contributed by atoms with Gasteiger partial charge in [0.15, 0.2) is 4.96 Å². The van der Waals surface area contributed by atoms with E-state index in [1.54, 1.807) is 22.7 Å². The van der Waals surface area contributed by atoms with Crippen molar-refractivity contribution >= 4 is 27.6 Å². The van der Waals surface area contributed by atoms with Gasteiger partial charge in [-0.3, -0.25) is 4.40 Å². The number of imidazole rings is 1. The van der Waals surface area contributed by atoms with E-state index in [0.717, 1.165) is 17.2 Å². The third-order valence-electron chi connectivity index (χ3n) is 3.36. The van der Waals surface area contributed by atoms with Crippen LogP contribution in [0.4, 0.5) is 0 Å². The summed E-state index contributed by atoms with van der Waals surface area (Å²) in [4.78, 5) is 7.01. The highest BCUT2D eigenvalue weighted by Gasteiger charge is 2.12. The predicted molar refractivity (Wildman–Crippen MR) is 82.1 cm³/mol. The van der Waals surface area contributed by atoms with E-state index >= 15 is 0 Å². The molecule has 1 unspecified atom stereocenters. The number of thiophene rings is 1. The summed E-state index contributed by atoms with van der Waals surface area (Å²) < 4.78 is 2.21. The number of thiazole rings is 1. The Morgan fingerprint density at radius 2 is 2.26 bits per heavy atom. The fourth-order valence-corrected chi connectivity index (χ4v) is 3.86. The molecule has 0 saturated carbocycles. The monoisotopic (exact) mass is 291 g/mol. The molecule has 0 aliphatic rings. The third kappa shape index (κ3) is 2.45. The fourth-order valence-electron chi connectivity index (χ4n) is 2.21. The van der Waals surface area contributed by atoms with Crippen LogP contribution >= 0.6 is 22.7 Å². The summed E-state index contributed by atoms with van der Waals surface area (Å²) in [6.07, 6.45) is 2.17. The van der Waals surface area contributed by atoms with Crippen molar-refractivity contribution in [1.82, 2.24) is 14.7 Å². The molecule has 1 atom stereocenters. The van der Waals surface area contributed by atoms with Gasteiger partial charge in [0.25, 0.3) is 0 Å². The Balaban J connectivity index is 1.79. The minimum Gasteiger partial charge on any atom is -0.305 e. The van der Waals surface area contributed by atoms with Crippen molar-refractivity contribution in [3.8, 4) is 0 Å². The maximum atomic E-state index is 4.62. The highest BCUT2D eigenvalue weighted by atomic mass is 32.1. The van der Waals surface area contributed by atoms with E-state index in [0.29, 0.717) is 6.04 Å². The maximum Gasteiger partial charge on any atom is 0.194 e. The molecule has 0 aliphatic heterocycles. The Morgan fingerprint density at radius 1 is 1.42 bits per heavy atom. The Kier molecular flexibility index (Phi) is 3.43. The topological polar surface area (TPSA) is 29.3 Å². The highest BCUT2D eigenvalue weighted by molar-refractivity contribution is 7.17. The van der Waals surface area contributed by atoms with Crippen molar-refractivity contribution in [2.75, 3.05) is 0 Å². The lowest BCUT2D eigenvalue weighted by Gasteiger charge is -2.12. The van der Waals surface area contributed by atoms with Crippen LogP contribution in [0, 0.1) is 13.8 Å². The van der Waals surface area contributed by atoms with Crippen LogP contribution < -0.4 is 5.32 Å². The van der Waals surface area contributed by atoms with E-state index in [-0.39, 0.29) is 0 Å². The molecule has 3 nitrogen and oxygen atoms in total. The minimum absolute atomic E-state index is 0.371. The van der Waals surface area contributed by atoms with Crippen LogP contribution in [-0.4, -0.2) is 9.38 Å². The fraction of sp³-hybridized carbons (Fsp3) is 0.357. The Morgan fingerprint density at radius 3 is 3.00 bits per heavy atom. The molecular formula is C14H17N3S2. The second-order valence-corrected chi connectivity index (χ2v) is 6.79. The second kappa shape index (κ2) is 5.07. The Labute approximate surface area is 120 Å². The molecular weight excluding hydrogens is 274 g/mol. The zero-order valence-corrected chi connectivity index (χ0v) is 12.9. The average molecular weight is 291 g/mol. The van der Waals surface area contributed by atoms with Crippen LogP contribution in [0.5, 0.6) is 0 Å². The van der Waals surface area contributed by atoms with E-state index in [2.05, 4.69) is 58.5 Å². The largest absolute Gasteiger partial charge is 0.305 e. The van der Waals surface area contributed by atoms with Gasteiger partial charge in [0.05, 0.1) is 11.4 Å². The number of aryl methyl sites for hydroxylation is 2. The van der Waals surface area contributed by atoms with Crippen LogP contribution in [0.3, 0.4) is 0 Å². The van der Waals surface area contributed by atoms with Gasteiger partial charge >= 0.3 is 0 Å². The van der Waals surface area contributed by atoms with Gasteiger partial charge in [-0.25, -0.2) is 4.98 Å². The van der Waals surface area contributed by atoms with Gasteiger partial charge in [0.1, 0.15) is 0 Å². The molecule has 0 radical (unpaired) electrons. The van der Waals surface area contributed by atoms with Crippen LogP contribution in [0.2, 0.25) is 0 Å². The van der Waals surface area contributed by atoms with Gasteiger partial charge in [-0.1, -0.05) is 0 Å². The van der Waals surface area contributed by atoms with E-state index in [9.17, 15) is 0 Å². The molecule has 5 heteroatoms. The second-order valence-electron chi connectivity index (χ2n) is 4.80. The highest BCUT2D eigenvalue weighted by Crippen LogP contribution is 2.22. The van der Waals surface area contributed by atoms with Crippen molar-refractivity contribution in [1.29, 1.82) is 0 Å². The molecule has 3 aromatic rings. The van der Waals surface area contributed by atoms with E-state index < -0.39 is 0 Å². The third-order valence-corrected chi connectivity index (χ3v) is 4.96. The summed E-state index contributed by atoms with van der Waals surface area (Å²) in [7, 11) is 0. The smallest absolute Gasteiger partial charge is 0.194 e. The van der Waals surface area contributed by atoms with Crippen LogP contribution in [-0.2, 0) is 6.54 Å². The minimum atomic E-state index is 0.371. The zero-order chi connectivity index (χ0) is 13.4. The molecule has 100 valence electrons. The van der Waals surface area contributed by atoms with E-state index in [1.165, 1.54) is 16.1 Å². The van der Waals surface area contributed by atoms with Gasteiger partial charge in [0, 0.05) is 23.7 Å². The van der Waals surface area contributed by atoms with Crippen molar-refractivity contribution in [2.24, 2.45) is 0 Å². The lowest BCUT2D eigenvalue weighted by atomic mass is 10.2. The summed E-state index contributed by atoms with van der Waals surface area (Å²) in [5, 5.41) is 7.90. The van der Waals surface area contributed by atoms with Crippen LogP contribution in [0.15, 0.2) is 23.0 Å². The molecule has 3 rings (SSSR count). The molecule has 0 aliphatic carbocycles. The summed E-state index contributed by atoms with van der Waals surface area (Å²) in [5.74, 6) is 0. The van der Waals surface area contributed by atoms with Gasteiger partial charge < -0.3 is 5.32 Å². The quantitative estimate of drug-likeness (QED) is 0.789. The maximum absolute atomic E-state index is 4.62. The molecule has 3 heterocycles. The summed E-state index contributed by atoms with van der Waals surface area (Å²) in [6.45, 7) is 7.26. The molecule has 0 amide bonds. The zero-order valence-electron chi connectivity index (χ0n) is 11.3. The average Bonchev–Trinajstić information content (AvgIpc) is 3.03. The Bertz CT molecular complexity index is 679. The molecule has 1 N–H and O–H groups in total. The first-order valence-corrected chi connectivity index (χ1v) is 8.10. The normalized spacial score (nSPS) is 13.2. The van der Waals surface area contributed by atoms with Crippen LogP contribution in [0.1, 0.15) is 34.8 Å². The molecule has 0 saturated heterocycles. The van der Waals surface area contributed by atoms with Gasteiger partial charge in [-0.05, 0) is 43.2 Å². The van der Waals surface area contributed by atoms with E-state index in [4.69, 9.17) is 0 Å². The number of hydrogen-bond donors (Lipinski definition) is 1. The van der Waals surface area contributed by atoms with Crippen molar-refractivity contribution in [3.05, 3.63) is 44.9 Å². The molecule has 0 fully saturated rings. The predicted octanol–water partition coefficient (Wildman–Crippen LogP) is 3.92.